The van der Waals surface area contributed by atoms with E-state index in [0.29, 0.717) is 0 Å². The topological polar surface area (TPSA) is 0 Å². The average molecular weight is 415 g/mol. The zero-order chi connectivity index (χ0) is 21.8. The normalized spacial score (nSPS) is 10.3. The van der Waals surface area contributed by atoms with Gasteiger partial charge in [-0.2, -0.15) is 0 Å². The fourth-order valence-corrected chi connectivity index (χ4v) is 3.83. The second-order valence-electron chi connectivity index (χ2n) is 9.07. The van der Waals surface area contributed by atoms with Crippen molar-refractivity contribution in [1.82, 2.24) is 0 Å². The Morgan fingerprint density at radius 1 is 0.267 bits per heavy atom. The lowest BCUT2D eigenvalue weighted by Crippen LogP contribution is -1.81. The van der Waals surface area contributed by atoms with E-state index < -0.39 is 0 Å². The van der Waals surface area contributed by atoms with Gasteiger partial charge in [0, 0.05) is 25.7 Å². The number of hydrogen-bond donors (Lipinski definition) is 0. The van der Waals surface area contributed by atoms with Gasteiger partial charge in [-0.3, -0.25) is 0 Å². The first kappa shape index (κ1) is 29.1. The molecule has 174 valence electrons. The van der Waals surface area contributed by atoms with E-state index in [1.165, 1.54) is 128 Å². The van der Waals surface area contributed by atoms with Gasteiger partial charge in [-0.15, -0.1) is 23.7 Å². The molecular weight excluding hydrogens is 360 g/mol. The summed E-state index contributed by atoms with van der Waals surface area (Å²) < 4.78 is 0. The van der Waals surface area contributed by atoms with Gasteiger partial charge < -0.3 is 0 Å². The van der Waals surface area contributed by atoms with Crippen molar-refractivity contribution in [3.05, 3.63) is 0 Å². The minimum absolute atomic E-state index is 1.11. The Bertz CT molecular complexity index is 424. The summed E-state index contributed by atoms with van der Waals surface area (Å²) >= 11 is 0. The zero-order valence-corrected chi connectivity index (χ0v) is 21.0. The third-order valence-corrected chi connectivity index (χ3v) is 5.91. The van der Waals surface area contributed by atoms with E-state index in [0.717, 1.165) is 25.7 Å². The van der Waals surface area contributed by atoms with Crippen LogP contribution in [0.3, 0.4) is 0 Å². The van der Waals surface area contributed by atoms with Crippen LogP contribution in [0.25, 0.3) is 0 Å². The van der Waals surface area contributed by atoms with Crippen molar-refractivity contribution >= 4 is 0 Å². The van der Waals surface area contributed by atoms with Crippen LogP contribution in [0.4, 0.5) is 0 Å². The van der Waals surface area contributed by atoms with E-state index in [-0.39, 0.29) is 0 Å². The van der Waals surface area contributed by atoms with Crippen LogP contribution in [0, 0.1) is 23.7 Å². The molecule has 30 heavy (non-hydrogen) atoms. The Morgan fingerprint density at radius 3 is 0.700 bits per heavy atom. The molecule has 0 heterocycles. The maximum Gasteiger partial charge on any atom is 0.00886 e. The minimum atomic E-state index is 1.11. The standard InChI is InChI=1S/C30H54/c1-3-5-7-9-11-13-15-17-19-21-23-25-27-29-30-28-26-24-22-20-18-16-14-12-10-8-6-4-2/h3-17,19,22,24-30H2,1-2H3. The molecule has 0 aromatic heterocycles. The highest BCUT2D eigenvalue weighted by Crippen LogP contribution is 2.10. The molecule has 0 aromatic carbocycles. The van der Waals surface area contributed by atoms with Crippen molar-refractivity contribution in [2.24, 2.45) is 0 Å². The molecule has 0 bridgehead atoms. The highest BCUT2D eigenvalue weighted by Gasteiger charge is 1.92. The molecule has 0 aromatic rings. The molecule has 0 saturated carbocycles. The molecule has 0 unspecified atom stereocenters. The minimum Gasteiger partial charge on any atom is -0.103 e. The van der Waals surface area contributed by atoms with Crippen molar-refractivity contribution < 1.29 is 0 Å². The third-order valence-electron chi connectivity index (χ3n) is 5.91. The van der Waals surface area contributed by atoms with Crippen molar-refractivity contribution in [3.63, 3.8) is 0 Å². The molecule has 0 saturated heterocycles. The maximum absolute atomic E-state index is 3.39. The van der Waals surface area contributed by atoms with Gasteiger partial charge in [0.2, 0.25) is 0 Å². The summed E-state index contributed by atoms with van der Waals surface area (Å²) in [5.41, 5.74) is 0. The van der Waals surface area contributed by atoms with E-state index in [9.17, 15) is 0 Å². The van der Waals surface area contributed by atoms with Crippen LogP contribution in [0.15, 0.2) is 0 Å². The largest absolute Gasteiger partial charge is 0.103 e. The molecule has 0 nitrogen and oxygen atoms in total. The van der Waals surface area contributed by atoms with Gasteiger partial charge in [0.1, 0.15) is 0 Å². The lowest BCUT2D eigenvalue weighted by molar-refractivity contribution is 0.579. The number of rotatable bonds is 21. The molecule has 0 N–H and O–H groups in total. The Balaban J connectivity index is 3.17. The van der Waals surface area contributed by atoms with E-state index in [4.69, 9.17) is 0 Å². The second kappa shape index (κ2) is 28.1. The highest BCUT2D eigenvalue weighted by atomic mass is 14.0. The van der Waals surface area contributed by atoms with E-state index >= 15 is 0 Å². The summed E-state index contributed by atoms with van der Waals surface area (Å²) in [5, 5.41) is 0. The molecule has 0 spiro atoms. The van der Waals surface area contributed by atoms with Gasteiger partial charge in [0.25, 0.3) is 0 Å². The molecule has 0 atom stereocenters. The summed E-state index contributed by atoms with van der Waals surface area (Å²) in [6, 6.07) is 0. The lowest BCUT2D eigenvalue weighted by atomic mass is 10.1. The van der Waals surface area contributed by atoms with Crippen LogP contribution in [-0.2, 0) is 0 Å². The van der Waals surface area contributed by atoms with Gasteiger partial charge in [-0.1, -0.05) is 117 Å². The first-order valence-electron chi connectivity index (χ1n) is 13.8. The van der Waals surface area contributed by atoms with Crippen LogP contribution < -0.4 is 0 Å². The third kappa shape index (κ3) is 27.1. The Morgan fingerprint density at radius 2 is 0.467 bits per heavy atom. The van der Waals surface area contributed by atoms with E-state index in [1.54, 1.807) is 0 Å². The van der Waals surface area contributed by atoms with Crippen molar-refractivity contribution in [1.29, 1.82) is 0 Å². The molecule has 0 rings (SSSR count). The van der Waals surface area contributed by atoms with Gasteiger partial charge in [-0.25, -0.2) is 0 Å². The first-order valence-corrected chi connectivity index (χ1v) is 13.8. The number of hydrogen-bond acceptors (Lipinski definition) is 0. The summed E-state index contributed by atoms with van der Waals surface area (Å²) in [4.78, 5) is 0. The molecule has 0 aliphatic carbocycles. The molecular formula is C30H54. The molecule has 0 fully saturated rings. The number of unbranched alkanes of at least 4 members (excludes halogenated alkanes) is 21. The van der Waals surface area contributed by atoms with Crippen LogP contribution in [0.2, 0.25) is 0 Å². The summed E-state index contributed by atoms with van der Waals surface area (Å²) in [6.45, 7) is 4.56. The van der Waals surface area contributed by atoms with Crippen LogP contribution >= 0.6 is 0 Å². The fraction of sp³-hybridized carbons (Fsp3) is 0.867. The molecule has 0 aliphatic heterocycles. The quantitative estimate of drug-likeness (QED) is 0.129. The highest BCUT2D eigenvalue weighted by molar-refractivity contribution is 4.99. The Labute approximate surface area is 191 Å². The average Bonchev–Trinajstić information content (AvgIpc) is 2.76. The van der Waals surface area contributed by atoms with E-state index in [1.807, 2.05) is 0 Å². The molecule has 0 aliphatic rings. The monoisotopic (exact) mass is 414 g/mol. The summed E-state index contributed by atoms with van der Waals surface area (Å²) in [7, 11) is 0. The molecule has 0 heteroatoms. The van der Waals surface area contributed by atoms with Crippen molar-refractivity contribution in [2.75, 3.05) is 0 Å². The van der Waals surface area contributed by atoms with Gasteiger partial charge >= 0.3 is 0 Å². The maximum atomic E-state index is 3.39. The molecule has 0 radical (unpaired) electrons. The smallest absolute Gasteiger partial charge is 0.00886 e. The lowest BCUT2D eigenvalue weighted by Gasteiger charge is -1.99. The van der Waals surface area contributed by atoms with Crippen LogP contribution in [0.1, 0.15) is 168 Å². The van der Waals surface area contributed by atoms with Gasteiger partial charge in [0.15, 0.2) is 0 Å². The van der Waals surface area contributed by atoms with Crippen molar-refractivity contribution in [3.8, 4) is 23.7 Å². The molecule has 0 amide bonds. The second-order valence-corrected chi connectivity index (χ2v) is 9.07. The summed E-state index contributed by atoms with van der Waals surface area (Å²) in [5.74, 6) is 13.5. The van der Waals surface area contributed by atoms with Crippen molar-refractivity contribution in [2.45, 2.75) is 168 Å². The fourth-order valence-electron chi connectivity index (χ4n) is 3.83. The van der Waals surface area contributed by atoms with Gasteiger partial charge in [-0.05, 0) is 25.7 Å². The summed E-state index contributed by atoms with van der Waals surface area (Å²) in [6.07, 6.45) is 31.9. The van der Waals surface area contributed by atoms with Crippen LogP contribution in [0.5, 0.6) is 0 Å². The Kier molecular flexibility index (Phi) is 27.3. The van der Waals surface area contributed by atoms with Gasteiger partial charge in [0.05, 0.1) is 0 Å². The predicted octanol–water partition coefficient (Wildman–Crippen LogP) is 10.4. The first-order chi connectivity index (χ1) is 14.9. The SMILES string of the molecule is CCCCCCCCC#CCCCCCCCCC#CCCCCCCCCCC. The predicted molar refractivity (Wildman–Crippen MR) is 138 cm³/mol. The Hall–Kier alpha value is -0.880. The van der Waals surface area contributed by atoms with Crippen LogP contribution in [-0.4, -0.2) is 0 Å². The van der Waals surface area contributed by atoms with E-state index in [2.05, 4.69) is 37.5 Å². The zero-order valence-electron chi connectivity index (χ0n) is 21.0.